The number of nitrogens with one attached hydrogen (secondary N) is 3. The van der Waals surface area contributed by atoms with Crippen LogP contribution in [-0.2, 0) is 32.8 Å². The molecule has 17 heteroatoms. The lowest BCUT2D eigenvalue weighted by atomic mass is 10.1. The Kier molecular flexibility index (Phi) is 14.7. The maximum Gasteiger partial charge on any atom is 0.490 e. The quantitative estimate of drug-likeness (QED) is 0.105. The molecule has 0 saturated carbocycles. The minimum absolute atomic E-state index is 0.0852. The second-order valence-corrected chi connectivity index (χ2v) is 14.7. The number of fused-ring (bicyclic) bond motifs is 1. The summed E-state index contributed by atoms with van der Waals surface area (Å²) in [6, 6.07) is 20.4. The van der Waals surface area contributed by atoms with Gasteiger partial charge in [0.1, 0.15) is 28.3 Å². The van der Waals surface area contributed by atoms with Crippen LogP contribution in [0, 0.1) is 6.92 Å². The Bertz CT molecular complexity index is 1980. The molecule has 0 spiro atoms. The average molecular weight is 787 g/mol. The highest BCUT2D eigenvalue weighted by Crippen LogP contribution is 2.33. The molecule has 4 aromatic rings. The molecule has 0 aliphatic heterocycles. The number of carbonyl (C=O) groups excluding carboxylic acids is 1. The van der Waals surface area contributed by atoms with Gasteiger partial charge in [0.05, 0.1) is 5.02 Å². The monoisotopic (exact) mass is 785 g/mol. The number of anilines is 1. The van der Waals surface area contributed by atoms with Crippen molar-refractivity contribution in [3.63, 3.8) is 0 Å². The lowest BCUT2D eigenvalue weighted by molar-refractivity contribution is -0.192. The smallest absolute Gasteiger partial charge is 0.487 e. The molecule has 0 saturated heterocycles. The number of alkyl halides is 3. The number of aryl methyl sites for hydroxylation is 1. The summed E-state index contributed by atoms with van der Waals surface area (Å²) < 4.78 is 67.1. The predicted octanol–water partition coefficient (Wildman–Crippen LogP) is 6.48. The van der Waals surface area contributed by atoms with Crippen molar-refractivity contribution in [3.05, 3.63) is 93.6 Å². The number of para-hydroxylation sites is 1. The standard InChI is InChI=1S/C33H39Cl2N5O4S.C2HF3O2/c1-22-10-13-24-8-6-9-28(31(24)38-22)44-21-26-27(34)16-17-29(30(26)35)45(42,43)39-33(2,3)32(41)37-19-7-18-36-20-23-11-14-25(15-12-23)40(4)5;3-2(4,5)1(6)7/h6,8-17,36,39H,7,18-21H2,1-5H3,(H,37,41);(H,6,7). The van der Waals surface area contributed by atoms with E-state index >= 15 is 0 Å². The summed E-state index contributed by atoms with van der Waals surface area (Å²) >= 11 is 13.0. The molecular formula is C35H40Cl2F3N5O6S. The fourth-order valence-electron chi connectivity index (χ4n) is 4.62. The zero-order valence-corrected chi connectivity index (χ0v) is 31.4. The van der Waals surface area contributed by atoms with E-state index < -0.39 is 33.6 Å². The molecule has 0 fully saturated rings. The van der Waals surface area contributed by atoms with Crippen molar-refractivity contribution in [2.45, 2.75) is 57.0 Å². The van der Waals surface area contributed by atoms with Crippen molar-refractivity contribution < 1.29 is 41.0 Å². The molecule has 0 aliphatic carbocycles. The number of nitrogens with zero attached hydrogens (tertiary/aromatic N) is 2. The van der Waals surface area contributed by atoms with Crippen molar-refractivity contribution in [1.29, 1.82) is 0 Å². The lowest BCUT2D eigenvalue weighted by Gasteiger charge is -2.25. The van der Waals surface area contributed by atoms with Gasteiger partial charge in [-0.2, -0.15) is 17.9 Å². The fourth-order valence-corrected chi connectivity index (χ4v) is 6.88. The SMILES string of the molecule is Cc1ccc2cccc(OCc3c(Cl)ccc(S(=O)(=O)NC(C)(C)C(=O)NCCCNCc4ccc(N(C)C)cc4)c3Cl)c2n1.O=C(O)C(F)(F)F. The van der Waals surface area contributed by atoms with Gasteiger partial charge in [-0.25, -0.2) is 18.2 Å². The number of pyridine rings is 1. The highest BCUT2D eigenvalue weighted by atomic mass is 35.5. The fraction of sp³-hybridized carbons (Fsp3) is 0.343. The normalized spacial score (nSPS) is 11.8. The van der Waals surface area contributed by atoms with E-state index in [2.05, 4.69) is 44.6 Å². The molecule has 1 aromatic heterocycles. The van der Waals surface area contributed by atoms with Crippen molar-refractivity contribution in [1.82, 2.24) is 20.3 Å². The number of carboxylic acids is 1. The predicted molar refractivity (Wildman–Crippen MR) is 195 cm³/mol. The van der Waals surface area contributed by atoms with Gasteiger partial charge in [0.2, 0.25) is 15.9 Å². The zero-order chi connectivity index (χ0) is 38.9. The third-order valence-corrected chi connectivity index (χ3v) is 10.0. The lowest BCUT2D eigenvalue weighted by Crippen LogP contribution is -2.54. The maximum atomic E-state index is 13.4. The van der Waals surface area contributed by atoms with Crippen LogP contribution in [0.5, 0.6) is 5.75 Å². The van der Waals surface area contributed by atoms with E-state index in [9.17, 15) is 26.4 Å². The van der Waals surface area contributed by atoms with Gasteiger partial charge in [-0.1, -0.05) is 53.5 Å². The summed E-state index contributed by atoms with van der Waals surface area (Å²) in [5, 5.41) is 14.4. The summed E-state index contributed by atoms with van der Waals surface area (Å²) in [6.07, 6.45) is -4.41. The number of halogens is 5. The first kappa shape index (κ1) is 42.3. The number of aromatic nitrogens is 1. The van der Waals surface area contributed by atoms with Crippen LogP contribution in [0.25, 0.3) is 10.9 Å². The van der Waals surface area contributed by atoms with Gasteiger partial charge in [0.25, 0.3) is 0 Å². The van der Waals surface area contributed by atoms with Crippen LogP contribution in [-0.4, -0.2) is 69.3 Å². The number of aliphatic carboxylic acids is 1. The van der Waals surface area contributed by atoms with E-state index in [0.29, 0.717) is 42.9 Å². The van der Waals surface area contributed by atoms with Gasteiger partial charge in [-0.05, 0) is 75.7 Å². The third-order valence-electron chi connectivity index (χ3n) is 7.43. The number of ether oxygens (including phenoxy) is 1. The minimum Gasteiger partial charge on any atom is -0.487 e. The molecular weight excluding hydrogens is 746 g/mol. The topological polar surface area (TPSA) is 150 Å². The Morgan fingerprint density at radius 2 is 1.62 bits per heavy atom. The van der Waals surface area contributed by atoms with Gasteiger partial charge < -0.3 is 25.4 Å². The number of benzene rings is 3. The second-order valence-electron chi connectivity index (χ2n) is 12.3. The van der Waals surface area contributed by atoms with Crippen LogP contribution >= 0.6 is 23.2 Å². The third kappa shape index (κ3) is 12.0. The summed E-state index contributed by atoms with van der Waals surface area (Å²) in [5.74, 6) is -2.70. The minimum atomic E-state index is -5.08. The van der Waals surface area contributed by atoms with Crippen molar-refractivity contribution >= 4 is 61.7 Å². The molecule has 4 rings (SSSR count). The Morgan fingerprint density at radius 3 is 2.23 bits per heavy atom. The Labute approximate surface area is 310 Å². The maximum absolute atomic E-state index is 13.4. The van der Waals surface area contributed by atoms with E-state index in [4.69, 9.17) is 37.8 Å². The number of sulfonamides is 1. The van der Waals surface area contributed by atoms with Crippen LogP contribution in [0.2, 0.25) is 10.0 Å². The van der Waals surface area contributed by atoms with Crippen LogP contribution in [0.15, 0.2) is 71.6 Å². The van der Waals surface area contributed by atoms with Crippen LogP contribution in [0.4, 0.5) is 18.9 Å². The molecule has 0 unspecified atom stereocenters. The van der Waals surface area contributed by atoms with Crippen molar-refractivity contribution in [2.24, 2.45) is 0 Å². The largest absolute Gasteiger partial charge is 0.490 e. The number of hydrogen-bond acceptors (Lipinski definition) is 8. The highest BCUT2D eigenvalue weighted by Gasteiger charge is 2.38. The van der Waals surface area contributed by atoms with E-state index in [1.807, 2.05) is 50.2 Å². The van der Waals surface area contributed by atoms with E-state index in [1.165, 1.54) is 26.0 Å². The number of rotatable bonds is 14. The molecule has 1 heterocycles. The average Bonchev–Trinajstić information content (AvgIpc) is 3.05. The summed E-state index contributed by atoms with van der Waals surface area (Å²) in [5.41, 5.74) is 2.66. The van der Waals surface area contributed by atoms with Crippen LogP contribution in [0.1, 0.15) is 37.1 Å². The van der Waals surface area contributed by atoms with Gasteiger partial charge >= 0.3 is 12.1 Å². The van der Waals surface area contributed by atoms with Gasteiger partial charge in [-0.3, -0.25) is 4.79 Å². The molecule has 0 atom stereocenters. The molecule has 1 amide bonds. The Morgan fingerprint density at radius 1 is 0.962 bits per heavy atom. The van der Waals surface area contributed by atoms with Gasteiger partial charge in [0.15, 0.2) is 0 Å². The molecule has 0 bridgehead atoms. The second kappa shape index (κ2) is 18.1. The van der Waals surface area contributed by atoms with E-state index in [0.717, 1.165) is 22.3 Å². The molecule has 3 aromatic carbocycles. The molecule has 4 N–H and O–H groups in total. The molecule has 0 radical (unpaired) electrons. The molecule has 52 heavy (non-hydrogen) atoms. The summed E-state index contributed by atoms with van der Waals surface area (Å²) in [4.78, 5) is 28.3. The first-order chi connectivity index (χ1) is 24.2. The zero-order valence-electron chi connectivity index (χ0n) is 29.1. The molecule has 0 aliphatic rings. The Hall–Kier alpha value is -4.15. The highest BCUT2D eigenvalue weighted by molar-refractivity contribution is 7.89. The number of amides is 1. The summed E-state index contributed by atoms with van der Waals surface area (Å²) in [7, 11) is -0.219. The van der Waals surface area contributed by atoms with Crippen molar-refractivity contribution in [2.75, 3.05) is 32.1 Å². The first-order valence-corrected chi connectivity index (χ1v) is 18.0. The summed E-state index contributed by atoms with van der Waals surface area (Å²) in [6.45, 7) is 6.56. The first-order valence-electron chi connectivity index (χ1n) is 15.8. The van der Waals surface area contributed by atoms with Crippen LogP contribution < -0.4 is 25.0 Å². The number of hydrogen-bond donors (Lipinski definition) is 4. The van der Waals surface area contributed by atoms with E-state index in [-0.39, 0.29) is 21.5 Å². The molecule has 11 nitrogen and oxygen atoms in total. The van der Waals surface area contributed by atoms with Crippen molar-refractivity contribution in [3.8, 4) is 5.75 Å². The molecule has 282 valence electrons. The van der Waals surface area contributed by atoms with Crippen LogP contribution in [0.3, 0.4) is 0 Å². The van der Waals surface area contributed by atoms with Gasteiger partial charge in [0, 0.05) is 54.5 Å². The van der Waals surface area contributed by atoms with E-state index in [1.54, 1.807) is 6.07 Å². The number of carboxylic acid groups (broad SMARTS) is 1. The Balaban J connectivity index is 0.000000944. The number of carbonyl (C=O) groups is 2. The van der Waals surface area contributed by atoms with Gasteiger partial charge in [-0.15, -0.1) is 0 Å².